The van der Waals surface area contributed by atoms with Gasteiger partial charge in [-0.15, -0.1) is 0 Å². The Morgan fingerprint density at radius 2 is 2.00 bits per heavy atom. The van der Waals surface area contributed by atoms with E-state index in [9.17, 15) is 8.42 Å². The molecular weight excluding hydrogens is 238 g/mol. The van der Waals surface area contributed by atoms with Crippen molar-refractivity contribution in [1.82, 2.24) is 4.72 Å². The van der Waals surface area contributed by atoms with E-state index in [-0.39, 0.29) is 12.6 Å². The molecule has 2 N–H and O–H groups in total. The van der Waals surface area contributed by atoms with Crippen molar-refractivity contribution in [3.05, 3.63) is 29.8 Å². The van der Waals surface area contributed by atoms with Crippen LogP contribution in [0.4, 0.5) is 0 Å². The molecule has 1 rings (SSSR count). The van der Waals surface area contributed by atoms with Gasteiger partial charge in [0, 0.05) is 12.6 Å². The summed E-state index contributed by atoms with van der Waals surface area (Å²) in [6.07, 6.45) is 1.09. The highest BCUT2D eigenvalue weighted by molar-refractivity contribution is 7.89. The van der Waals surface area contributed by atoms with Crippen LogP contribution >= 0.6 is 0 Å². The molecule has 0 fully saturated rings. The summed E-state index contributed by atoms with van der Waals surface area (Å²) in [5.41, 5.74) is 0.721. The molecule has 0 radical (unpaired) electrons. The third kappa shape index (κ3) is 3.80. The second-order valence-electron chi connectivity index (χ2n) is 4.00. The minimum Gasteiger partial charge on any atom is -0.396 e. The van der Waals surface area contributed by atoms with Crippen molar-refractivity contribution in [2.75, 3.05) is 6.61 Å². The molecule has 4 nitrogen and oxygen atoms in total. The Morgan fingerprint density at radius 3 is 2.53 bits per heavy atom. The molecule has 0 heterocycles. The number of aliphatic hydroxyl groups is 1. The second kappa shape index (κ2) is 6.14. The van der Waals surface area contributed by atoms with Crippen molar-refractivity contribution in [2.45, 2.75) is 37.6 Å². The van der Waals surface area contributed by atoms with Crippen LogP contribution in [0.1, 0.15) is 25.3 Å². The zero-order valence-corrected chi connectivity index (χ0v) is 11.0. The minimum atomic E-state index is -3.49. The van der Waals surface area contributed by atoms with Crippen LogP contribution in [0.25, 0.3) is 0 Å². The van der Waals surface area contributed by atoms with E-state index in [1.54, 1.807) is 31.2 Å². The molecule has 1 atom stereocenters. The Kier molecular flexibility index (Phi) is 5.11. The highest BCUT2D eigenvalue weighted by atomic mass is 32.2. The summed E-state index contributed by atoms with van der Waals surface area (Å²) >= 11 is 0. The number of hydrogen-bond acceptors (Lipinski definition) is 3. The molecule has 1 aromatic rings. The van der Waals surface area contributed by atoms with Gasteiger partial charge in [-0.3, -0.25) is 0 Å². The van der Waals surface area contributed by atoms with E-state index in [4.69, 9.17) is 5.11 Å². The average Bonchev–Trinajstić information content (AvgIpc) is 2.28. The fraction of sp³-hybridized carbons (Fsp3) is 0.500. The van der Waals surface area contributed by atoms with Crippen LogP contribution in [-0.4, -0.2) is 26.2 Å². The standard InChI is InChI=1S/C12H19NO3S/c1-3-11(8-9-14)13-17(15,16)12-7-5-4-6-10(12)2/h4-7,11,13-14H,3,8-9H2,1-2H3. The van der Waals surface area contributed by atoms with E-state index in [0.29, 0.717) is 17.7 Å². The smallest absolute Gasteiger partial charge is 0.241 e. The predicted molar refractivity (Wildman–Crippen MR) is 67.3 cm³/mol. The van der Waals surface area contributed by atoms with Gasteiger partial charge in [-0.1, -0.05) is 25.1 Å². The molecule has 1 unspecified atom stereocenters. The Balaban J connectivity index is 2.92. The van der Waals surface area contributed by atoms with Crippen LogP contribution < -0.4 is 4.72 Å². The molecule has 5 heteroatoms. The van der Waals surface area contributed by atoms with Gasteiger partial charge < -0.3 is 5.11 Å². The van der Waals surface area contributed by atoms with Gasteiger partial charge in [0.15, 0.2) is 0 Å². The lowest BCUT2D eigenvalue weighted by Gasteiger charge is -2.16. The van der Waals surface area contributed by atoms with E-state index >= 15 is 0 Å². The lowest BCUT2D eigenvalue weighted by Crippen LogP contribution is -2.35. The van der Waals surface area contributed by atoms with Crippen molar-refractivity contribution >= 4 is 10.0 Å². The maximum absolute atomic E-state index is 12.1. The zero-order chi connectivity index (χ0) is 12.9. The van der Waals surface area contributed by atoms with Crippen molar-refractivity contribution < 1.29 is 13.5 Å². The predicted octanol–water partition coefficient (Wildman–Crippen LogP) is 1.43. The van der Waals surface area contributed by atoms with Crippen molar-refractivity contribution in [2.24, 2.45) is 0 Å². The number of aryl methyl sites for hydroxylation is 1. The van der Waals surface area contributed by atoms with Crippen LogP contribution in [0.2, 0.25) is 0 Å². The highest BCUT2D eigenvalue weighted by Crippen LogP contribution is 2.15. The van der Waals surface area contributed by atoms with E-state index < -0.39 is 10.0 Å². The van der Waals surface area contributed by atoms with Crippen molar-refractivity contribution in [3.8, 4) is 0 Å². The number of rotatable bonds is 6. The largest absolute Gasteiger partial charge is 0.396 e. The molecule has 0 aliphatic carbocycles. The average molecular weight is 257 g/mol. The number of benzene rings is 1. The third-order valence-corrected chi connectivity index (χ3v) is 4.36. The molecule has 0 saturated heterocycles. The van der Waals surface area contributed by atoms with Gasteiger partial charge in [-0.05, 0) is 31.4 Å². The lowest BCUT2D eigenvalue weighted by atomic mass is 10.2. The molecule has 96 valence electrons. The Bertz CT molecular complexity index is 457. The summed E-state index contributed by atoms with van der Waals surface area (Å²) in [4.78, 5) is 0.302. The normalized spacial score (nSPS) is 13.6. The zero-order valence-electron chi connectivity index (χ0n) is 10.2. The van der Waals surface area contributed by atoms with E-state index in [2.05, 4.69) is 4.72 Å². The molecule has 0 saturated carbocycles. The number of aliphatic hydroxyl groups excluding tert-OH is 1. The summed E-state index contributed by atoms with van der Waals surface area (Å²) < 4.78 is 26.8. The SMILES string of the molecule is CCC(CCO)NS(=O)(=O)c1ccccc1C. The molecule has 1 aromatic carbocycles. The van der Waals surface area contributed by atoms with Gasteiger partial charge in [-0.25, -0.2) is 13.1 Å². The molecule has 0 bridgehead atoms. The fourth-order valence-electron chi connectivity index (χ4n) is 1.64. The first-order valence-electron chi connectivity index (χ1n) is 5.70. The number of hydrogen-bond donors (Lipinski definition) is 2. The minimum absolute atomic E-state index is 0.0190. The monoisotopic (exact) mass is 257 g/mol. The summed E-state index contributed by atoms with van der Waals surface area (Å²) in [6, 6.07) is 6.64. The van der Waals surface area contributed by atoms with Crippen LogP contribution in [0.5, 0.6) is 0 Å². The summed E-state index contributed by atoms with van der Waals surface area (Å²) in [5, 5.41) is 8.85. The van der Waals surface area contributed by atoms with Crippen molar-refractivity contribution in [1.29, 1.82) is 0 Å². The Hall–Kier alpha value is -0.910. The summed E-state index contributed by atoms with van der Waals surface area (Å²) in [6.45, 7) is 3.64. The van der Waals surface area contributed by atoms with Gasteiger partial charge in [0.25, 0.3) is 0 Å². The summed E-state index contributed by atoms with van der Waals surface area (Å²) in [7, 11) is -3.49. The van der Waals surface area contributed by atoms with E-state index in [1.165, 1.54) is 0 Å². The molecular formula is C12H19NO3S. The van der Waals surface area contributed by atoms with E-state index in [0.717, 1.165) is 5.56 Å². The Morgan fingerprint density at radius 1 is 1.35 bits per heavy atom. The van der Waals surface area contributed by atoms with E-state index in [1.807, 2.05) is 6.92 Å². The Labute approximate surface area is 103 Å². The number of sulfonamides is 1. The van der Waals surface area contributed by atoms with Gasteiger partial charge in [0.2, 0.25) is 10.0 Å². The molecule has 0 spiro atoms. The van der Waals surface area contributed by atoms with Gasteiger partial charge >= 0.3 is 0 Å². The van der Waals surface area contributed by atoms with Crippen LogP contribution in [0.3, 0.4) is 0 Å². The molecule has 0 aliphatic rings. The molecule has 0 aliphatic heterocycles. The first-order valence-corrected chi connectivity index (χ1v) is 7.18. The molecule has 0 aromatic heterocycles. The van der Waals surface area contributed by atoms with Crippen molar-refractivity contribution in [3.63, 3.8) is 0 Å². The maximum Gasteiger partial charge on any atom is 0.241 e. The van der Waals surface area contributed by atoms with Gasteiger partial charge in [0.05, 0.1) is 4.90 Å². The first kappa shape index (κ1) is 14.2. The second-order valence-corrected chi connectivity index (χ2v) is 5.69. The highest BCUT2D eigenvalue weighted by Gasteiger charge is 2.19. The first-order chi connectivity index (χ1) is 8.01. The maximum atomic E-state index is 12.1. The van der Waals surface area contributed by atoms with Crippen LogP contribution in [-0.2, 0) is 10.0 Å². The topological polar surface area (TPSA) is 66.4 Å². The summed E-state index contributed by atoms with van der Waals surface area (Å²) in [5.74, 6) is 0. The quantitative estimate of drug-likeness (QED) is 0.810. The third-order valence-electron chi connectivity index (χ3n) is 2.68. The number of nitrogens with one attached hydrogen (secondary N) is 1. The van der Waals surface area contributed by atoms with Crippen LogP contribution in [0, 0.1) is 6.92 Å². The van der Waals surface area contributed by atoms with Gasteiger partial charge in [0.1, 0.15) is 0 Å². The molecule has 17 heavy (non-hydrogen) atoms. The fourth-order valence-corrected chi connectivity index (χ4v) is 3.24. The lowest BCUT2D eigenvalue weighted by molar-refractivity contribution is 0.270. The van der Waals surface area contributed by atoms with Gasteiger partial charge in [-0.2, -0.15) is 0 Å². The molecule has 0 amide bonds. The van der Waals surface area contributed by atoms with Crippen LogP contribution in [0.15, 0.2) is 29.2 Å².